The molecule has 0 bridgehead atoms. The van der Waals surface area contributed by atoms with Crippen molar-refractivity contribution in [3.63, 3.8) is 0 Å². The Morgan fingerprint density at radius 2 is 2.13 bits per heavy atom. The van der Waals surface area contributed by atoms with Crippen LogP contribution in [0.3, 0.4) is 0 Å². The first kappa shape index (κ1) is 11.9. The van der Waals surface area contributed by atoms with Crippen LogP contribution in [0.2, 0.25) is 0 Å². The van der Waals surface area contributed by atoms with Gasteiger partial charge in [-0.15, -0.1) is 0 Å². The number of rotatable bonds is 7. The molecule has 0 saturated heterocycles. The minimum atomic E-state index is 0.00684. The molecule has 0 unspecified atom stereocenters. The summed E-state index contributed by atoms with van der Waals surface area (Å²) in [7, 11) is 0. The fraction of sp³-hybridized carbons (Fsp3) is 0.545. The third-order valence-electron chi connectivity index (χ3n) is 1.81. The third-order valence-corrected chi connectivity index (χ3v) is 1.81. The molecule has 84 valence electrons. The SMILES string of the molecule is CCCOCCOc1ccc(CO)cn1. The first-order chi connectivity index (χ1) is 7.36. The zero-order valence-corrected chi connectivity index (χ0v) is 8.98. The monoisotopic (exact) mass is 211 g/mol. The predicted molar refractivity (Wildman–Crippen MR) is 56.8 cm³/mol. The van der Waals surface area contributed by atoms with E-state index < -0.39 is 0 Å². The van der Waals surface area contributed by atoms with Crippen LogP contribution in [0.25, 0.3) is 0 Å². The van der Waals surface area contributed by atoms with Crippen molar-refractivity contribution in [3.8, 4) is 5.88 Å². The van der Waals surface area contributed by atoms with Gasteiger partial charge < -0.3 is 14.6 Å². The van der Waals surface area contributed by atoms with Gasteiger partial charge in [-0.1, -0.05) is 6.92 Å². The number of aliphatic hydroxyl groups is 1. The molecule has 15 heavy (non-hydrogen) atoms. The smallest absolute Gasteiger partial charge is 0.213 e. The third kappa shape index (κ3) is 4.76. The summed E-state index contributed by atoms with van der Waals surface area (Å²) in [6.45, 7) is 3.92. The van der Waals surface area contributed by atoms with Crippen LogP contribution in [-0.4, -0.2) is 29.9 Å². The molecular weight excluding hydrogens is 194 g/mol. The maximum Gasteiger partial charge on any atom is 0.213 e. The summed E-state index contributed by atoms with van der Waals surface area (Å²) in [6, 6.07) is 3.53. The van der Waals surface area contributed by atoms with Gasteiger partial charge in [-0.3, -0.25) is 0 Å². The maximum atomic E-state index is 8.80. The lowest BCUT2D eigenvalue weighted by molar-refractivity contribution is 0.0990. The van der Waals surface area contributed by atoms with Crippen molar-refractivity contribution in [1.29, 1.82) is 0 Å². The Bertz CT molecular complexity index is 261. The lowest BCUT2D eigenvalue weighted by atomic mass is 10.3. The molecule has 0 saturated carbocycles. The van der Waals surface area contributed by atoms with E-state index in [1.165, 1.54) is 0 Å². The van der Waals surface area contributed by atoms with Gasteiger partial charge in [0.25, 0.3) is 0 Å². The molecule has 0 amide bonds. The molecule has 1 aromatic heterocycles. The highest BCUT2D eigenvalue weighted by Crippen LogP contribution is 2.06. The lowest BCUT2D eigenvalue weighted by Gasteiger charge is -2.05. The summed E-state index contributed by atoms with van der Waals surface area (Å²) >= 11 is 0. The van der Waals surface area contributed by atoms with E-state index in [0.717, 1.165) is 18.6 Å². The highest BCUT2D eigenvalue weighted by Gasteiger charge is 1.95. The Labute approximate surface area is 89.9 Å². The van der Waals surface area contributed by atoms with E-state index in [-0.39, 0.29) is 6.61 Å². The summed E-state index contributed by atoms with van der Waals surface area (Å²) in [6.07, 6.45) is 2.62. The van der Waals surface area contributed by atoms with E-state index in [0.29, 0.717) is 19.1 Å². The van der Waals surface area contributed by atoms with E-state index in [9.17, 15) is 0 Å². The van der Waals surface area contributed by atoms with Crippen LogP contribution in [0.15, 0.2) is 18.3 Å². The number of aliphatic hydroxyl groups excluding tert-OH is 1. The summed E-state index contributed by atoms with van der Waals surface area (Å²) in [4.78, 5) is 4.03. The van der Waals surface area contributed by atoms with Crippen LogP contribution in [-0.2, 0) is 11.3 Å². The van der Waals surface area contributed by atoms with Gasteiger partial charge in [0.2, 0.25) is 5.88 Å². The first-order valence-corrected chi connectivity index (χ1v) is 5.13. The fourth-order valence-electron chi connectivity index (χ4n) is 1.04. The van der Waals surface area contributed by atoms with Gasteiger partial charge >= 0.3 is 0 Å². The molecule has 1 heterocycles. The van der Waals surface area contributed by atoms with Gasteiger partial charge in [-0.25, -0.2) is 4.98 Å². The van der Waals surface area contributed by atoms with Crippen LogP contribution in [0.4, 0.5) is 0 Å². The van der Waals surface area contributed by atoms with Crippen molar-refractivity contribution in [2.24, 2.45) is 0 Å². The van der Waals surface area contributed by atoms with Gasteiger partial charge in [0.05, 0.1) is 13.2 Å². The van der Waals surface area contributed by atoms with E-state index in [1.54, 1.807) is 18.3 Å². The second kappa shape index (κ2) is 7.20. The molecule has 4 heteroatoms. The van der Waals surface area contributed by atoms with Gasteiger partial charge in [0, 0.05) is 18.9 Å². The van der Waals surface area contributed by atoms with E-state index in [4.69, 9.17) is 14.6 Å². The van der Waals surface area contributed by atoms with Gasteiger partial charge in [0.15, 0.2) is 0 Å². The first-order valence-electron chi connectivity index (χ1n) is 5.13. The maximum absolute atomic E-state index is 8.80. The average molecular weight is 211 g/mol. The Balaban J connectivity index is 2.20. The summed E-state index contributed by atoms with van der Waals surface area (Å²) in [5.41, 5.74) is 0.782. The van der Waals surface area contributed by atoms with Crippen LogP contribution in [0.1, 0.15) is 18.9 Å². The molecule has 1 rings (SSSR count). The summed E-state index contributed by atoms with van der Waals surface area (Å²) < 4.78 is 10.6. The highest BCUT2D eigenvalue weighted by molar-refractivity contribution is 5.16. The van der Waals surface area contributed by atoms with Gasteiger partial charge in [-0.05, 0) is 18.1 Å². The number of ether oxygens (including phenoxy) is 2. The quantitative estimate of drug-likeness (QED) is 0.692. The van der Waals surface area contributed by atoms with Crippen molar-refractivity contribution in [1.82, 2.24) is 4.98 Å². The Kier molecular flexibility index (Phi) is 5.73. The van der Waals surface area contributed by atoms with Crippen molar-refractivity contribution >= 4 is 0 Å². The van der Waals surface area contributed by atoms with Crippen molar-refractivity contribution in [2.75, 3.05) is 19.8 Å². The molecule has 0 spiro atoms. The summed E-state index contributed by atoms with van der Waals surface area (Å²) in [5.74, 6) is 0.562. The van der Waals surface area contributed by atoms with Crippen LogP contribution >= 0.6 is 0 Å². The molecule has 0 aliphatic carbocycles. The largest absolute Gasteiger partial charge is 0.475 e. The molecule has 1 N–H and O–H groups in total. The molecule has 0 aliphatic heterocycles. The van der Waals surface area contributed by atoms with Gasteiger partial charge in [-0.2, -0.15) is 0 Å². The van der Waals surface area contributed by atoms with E-state index in [2.05, 4.69) is 11.9 Å². The zero-order chi connectivity index (χ0) is 10.9. The normalized spacial score (nSPS) is 10.3. The molecule has 0 fully saturated rings. The van der Waals surface area contributed by atoms with Crippen LogP contribution in [0, 0.1) is 0 Å². The highest BCUT2D eigenvalue weighted by atomic mass is 16.5. The number of nitrogens with zero attached hydrogens (tertiary/aromatic N) is 1. The fourth-order valence-corrected chi connectivity index (χ4v) is 1.04. The van der Waals surface area contributed by atoms with Crippen molar-refractivity contribution in [3.05, 3.63) is 23.9 Å². The molecule has 0 atom stereocenters. The Hall–Kier alpha value is -1.13. The molecule has 4 nitrogen and oxygen atoms in total. The molecule has 0 radical (unpaired) electrons. The average Bonchev–Trinajstić information content (AvgIpc) is 2.30. The molecule has 0 aliphatic rings. The van der Waals surface area contributed by atoms with Crippen LogP contribution in [0.5, 0.6) is 5.88 Å². The minimum Gasteiger partial charge on any atom is -0.475 e. The van der Waals surface area contributed by atoms with E-state index >= 15 is 0 Å². The van der Waals surface area contributed by atoms with Gasteiger partial charge in [0.1, 0.15) is 6.61 Å². The second-order valence-electron chi connectivity index (χ2n) is 3.12. The Morgan fingerprint density at radius 3 is 2.73 bits per heavy atom. The molecular formula is C11H17NO3. The van der Waals surface area contributed by atoms with Crippen LogP contribution < -0.4 is 4.74 Å². The summed E-state index contributed by atoms with van der Waals surface area (Å²) in [5, 5.41) is 8.80. The minimum absolute atomic E-state index is 0.00684. The predicted octanol–water partition coefficient (Wildman–Crippen LogP) is 1.38. The van der Waals surface area contributed by atoms with Crippen molar-refractivity contribution in [2.45, 2.75) is 20.0 Å². The molecule has 1 aromatic rings. The second-order valence-corrected chi connectivity index (χ2v) is 3.12. The number of hydrogen-bond acceptors (Lipinski definition) is 4. The number of hydrogen-bond donors (Lipinski definition) is 1. The lowest BCUT2D eigenvalue weighted by Crippen LogP contribution is -2.07. The number of pyridine rings is 1. The van der Waals surface area contributed by atoms with E-state index in [1.807, 2.05) is 0 Å². The molecule has 0 aromatic carbocycles. The topological polar surface area (TPSA) is 51.6 Å². The standard InChI is InChI=1S/C11H17NO3/c1-2-5-14-6-7-15-11-4-3-10(9-13)8-12-11/h3-4,8,13H,2,5-7,9H2,1H3. The zero-order valence-electron chi connectivity index (χ0n) is 8.98. The van der Waals surface area contributed by atoms with Crippen molar-refractivity contribution < 1.29 is 14.6 Å². The number of aromatic nitrogens is 1. The Morgan fingerprint density at radius 1 is 1.27 bits per heavy atom.